The quantitative estimate of drug-likeness (QED) is 0.810. The van der Waals surface area contributed by atoms with Crippen molar-refractivity contribution >= 4 is 22.2 Å². The minimum atomic E-state index is 0.662. The van der Waals surface area contributed by atoms with Crippen molar-refractivity contribution in [3.8, 4) is 5.69 Å². The molecule has 2 aromatic rings. The summed E-state index contributed by atoms with van der Waals surface area (Å²) in [6.07, 6.45) is 6.46. The lowest BCUT2D eigenvalue weighted by Crippen LogP contribution is -2.03. The molecule has 1 aromatic heterocycles. The van der Waals surface area contributed by atoms with Gasteiger partial charge in [-0.1, -0.05) is 22.9 Å². The van der Waals surface area contributed by atoms with Crippen molar-refractivity contribution in [2.45, 2.75) is 19.8 Å². The molecule has 0 fully saturated rings. The number of aromatic nitrogens is 2. The molecule has 0 aliphatic heterocycles. The summed E-state index contributed by atoms with van der Waals surface area (Å²) in [7, 11) is 0. The highest BCUT2D eigenvalue weighted by Crippen LogP contribution is 2.20. The number of hydrogen-bond acceptors (Lipinski definition) is 2. The Bertz CT molecular complexity index is 534. The molecule has 0 atom stereocenters. The summed E-state index contributed by atoms with van der Waals surface area (Å²) in [5.41, 5.74) is 1.54. The normalized spacial score (nSPS) is 10.5. The van der Waals surface area contributed by atoms with Crippen LogP contribution in [0.5, 0.6) is 0 Å². The molecule has 0 amide bonds. The molecule has 17 heavy (non-hydrogen) atoms. The van der Waals surface area contributed by atoms with Crippen LogP contribution in [0.15, 0.2) is 35.1 Å². The van der Waals surface area contributed by atoms with E-state index in [9.17, 15) is 4.79 Å². The highest BCUT2D eigenvalue weighted by atomic mass is 79.9. The van der Waals surface area contributed by atoms with Crippen LogP contribution in [0.1, 0.15) is 29.5 Å². The lowest BCUT2D eigenvalue weighted by molar-refractivity contribution is 0.112. The summed E-state index contributed by atoms with van der Waals surface area (Å²) >= 11 is 3.37. The van der Waals surface area contributed by atoms with Gasteiger partial charge in [0.05, 0.1) is 5.69 Å². The number of imidazole rings is 1. The van der Waals surface area contributed by atoms with E-state index >= 15 is 0 Å². The van der Waals surface area contributed by atoms with Gasteiger partial charge < -0.3 is 4.57 Å². The van der Waals surface area contributed by atoms with Crippen molar-refractivity contribution < 1.29 is 4.79 Å². The van der Waals surface area contributed by atoms with Gasteiger partial charge in [-0.3, -0.25) is 4.79 Å². The lowest BCUT2D eigenvalue weighted by Gasteiger charge is -2.09. The van der Waals surface area contributed by atoms with Crippen molar-refractivity contribution in [1.82, 2.24) is 9.55 Å². The molecule has 1 heterocycles. The SMILES string of the molecule is CCCc1nccn1-c1ccc(Br)cc1C=O. The van der Waals surface area contributed by atoms with Gasteiger partial charge in [-0.15, -0.1) is 0 Å². The molecule has 0 spiro atoms. The number of carbonyl (C=O) groups excluding carboxylic acids is 1. The van der Waals surface area contributed by atoms with Gasteiger partial charge >= 0.3 is 0 Å². The predicted molar refractivity (Wildman–Crippen MR) is 70.6 cm³/mol. The van der Waals surface area contributed by atoms with Crippen LogP contribution in [-0.4, -0.2) is 15.8 Å². The topological polar surface area (TPSA) is 34.9 Å². The second-order valence-corrected chi connectivity index (χ2v) is 4.70. The van der Waals surface area contributed by atoms with Gasteiger partial charge in [-0.05, 0) is 24.6 Å². The van der Waals surface area contributed by atoms with Gasteiger partial charge in [-0.25, -0.2) is 4.98 Å². The Hall–Kier alpha value is -1.42. The fourth-order valence-corrected chi connectivity index (χ4v) is 2.18. The Morgan fingerprint density at radius 2 is 2.29 bits per heavy atom. The smallest absolute Gasteiger partial charge is 0.152 e. The molecule has 0 N–H and O–H groups in total. The average Bonchev–Trinajstić information content (AvgIpc) is 2.77. The molecule has 88 valence electrons. The van der Waals surface area contributed by atoms with Crippen molar-refractivity contribution in [2.24, 2.45) is 0 Å². The van der Waals surface area contributed by atoms with Gasteiger partial charge in [0.25, 0.3) is 0 Å². The van der Waals surface area contributed by atoms with Crippen LogP contribution in [-0.2, 0) is 6.42 Å². The van der Waals surface area contributed by atoms with E-state index in [-0.39, 0.29) is 0 Å². The number of nitrogens with zero attached hydrogens (tertiary/aromatic N) is 2. The van der Waals surface area contributed by atoms with Gasteiger partial charge in [0, 0.05) is 28.9 Å². The summed E-state index contributed by atoms with van der Waals surface area (Å²) in [6, 6.07) is 5.67. The van der Waals surface area contributed by atoms with E-state index in [1.807, 2.05) is 29.0 Å². The molecule has 2 rings (SSSR count). The van der Waals surface area contributed by atoms with E-state index in [2.05, 4.69) is 27.8 Å². The summed E-state index contributed by atoms with van der Waals surface area (Å²) < 4.78 is 2.88. The fraction of sp³-hybridized carbons (Fsp3) is 0.231. The highest BCUT2D eigenvalue weighted by molar-refractivity contribution is 9.10. The highest BCUT2D eigenvalue weighted by Gasteiger charge is 2.08. The van der Waals surface area contributed by atoms with E-state index in [4.69, 9.17) is 0 Å². The number of carbonyl (C=O) groups is 1. The Labute approximate surface area is 109 Å². The molecule has 0 aliphatic rings. The number of aldehydes is 1. The van der Waals surface area contributed by atoms with Gasteiger partial charge in [0.15, 0.2) is 6.29 Å². The van der Waals surface area contributed by atoms with Crippen molar-refractivity contribution in [1.29, 1.82) is 0 Å². The first-order valence-electron chi connectivity index (χ1n) is 5.53. The van der Waals surface area contributed by atoms with Crippen LogP contribution in [0.4, 0.5) is 0 Å². The fourth-order valence-electron chi connectivity index (χ4n) is 1.80. The van der Waals surface area contributed by atoms with Gasteiger partial charge in [-0.2, -0.15) is 0 Å². The molecular formula is C13H13BrN2O. The minimum Gasteiger partial charge on any atom is -0.303 e. The van der Waals surface area contributed by atoms with Crippen LogP contribution in [0.2, 0.25) is 0 Å². The monoisotopic (exact) mass is 292 g/mol. The first-order valence-corrected chi connectivity index (χ1v) is 6.33. The molecule has 4 heteroatoms. The van der Waals surface area contributed by atoms with Crippen LogP contribution >= 0.6 is 15.9 Å². The molecule has 0 radical (unpaired) electrons. The maximum atomic E-state index is 11.1. The number of halogens is 1. The second-order valence-electron chi connectivity index (χ2n) is 3.78. The number of hydrogen-bond donors (Lipinski definition) is 0. The van der Waals surface area contributed by atoms with E-state index in [0.29, 0.717) is 5.56 Å². The summed E-state index contributed by atoms with van der Waals surface area (Å²) in [4.78, 5) is 15.4. The Kier molecular flexibility index (Phi) is 3.74. The molecule has 1 aromatic carbocycles. The van der Waals surface area contributed by atoms with Crippen LogP contribution in [0.25, 0.3) is 5.69 Å². The zero-order chi connectivity index (χ0) is 12.3. The van der Waals surface area contributed by atoms with Crippen LogP contribution in [0, 0.1) is 0 Å². The second kappa shape index (κ2) is 5.27. The summed E-state index contributed by atoms with van der Waals surface area (Å²) in [5, 5.41) is 0. The number of rotatable bonds is 4. The third kappa shape index (κ3) is 2.47. The third-order valence-corrected chi connectivity index (χ3v) is 3.06. The van der Waals surface area contributed by atoms with E-state index in [1.54, 1.807) is 6.20 Å². The van der Waals surface area contributed by atoms with Gasteiger partial charge in [0.2, 0.25) is 0 Å². The molecule has 0 bridgehead atoms. The Balaban J connectivity index is 2.52. The van der Waals surface area contributed by atoms with Crippen LogP contribution in [0.3, 0.4) is 0 Å². The van der Waals surface area contributed by atoms with E-state index in [1.165, 1.54) is 0 Å². The lowest BCUT2D eigenvalue weighted by atomic mass is 10.2. The van der Waals surface area contributed by atoms with Crippen molar-refractivity contribution in [2.75, 3.05) is 0 Å². The summed E-state index contributed by atoms with van der Waals surface area (Å²) in [5.74, 6) is 0.984. The van der Waals surface area contributed by atoms with E-state index < -0.39 is 0 Å². The van der Waals surface area contributed by atoms with Gasteiger partial charge in [0.1, 0.15) is 5.82 Å². The van der Waals surface area contributed by atoms with Crippen molar-refractivity contribution in [3.63, 3.8) is 0 Å². The molecule has 0 saturated carbocycles. The molecular weight excluding hydrogens is 280 g/mol. The van der Waals surface area contributed by atoms with E-state index in [0.717, 1.165) is 35.1 Å². The molecule has 0 aliphatic carbocycles. The first kappa shape index (κ1) is 12.0. The molecule has 3 nitrogen and oxygen atoms in total. The van der Waals surface area contributed by atoms with Crippen LogP contribution < -0.4 is 0 Å². The maximum absolute atomic E-state index is 11.1. The van der Waals surface area contributed by atoms with Crippen molar-refractivity contribution in [3.05, 3.63) is 46.5 Å². The Morgan fingerprint density at radius 1 is 1.47 bits per heavy atom. The molecule has 0 unspecified atom stereocenters. The predicted octanol–water partition coefficient (Wildman–Crippen LogP) is 3.40. The largest absolute Gasteiger partial charge is 0.303 e. The zero-order valence-corrected chi connectivity index (χ0v) is 11.1. The summed E-state index contributed by atoms with van der Waals surface area (Å²) in [6.45, 7) is 2.11. The average molecular weight is 293 g/mol. The maximum Gasteiger partial charge on any atom is 0.152 e. The number of aryl methyl sites for hydroxylation is 1. The minimum absolute atomic E-state index is 0.662. The zero-order valence-electron chi connectivity index (χ0n) is 9.56. The number of benzene rings is 1. The first-order chi connectivity index (χ1) is 8.26. The standard InChI is InChI=1S/C13H13BrN2O/c1-2-3-13-15-6-7-16(13)12-5-4-11(14)8-10(12)9-17/h4-9H,2-3H2,1H3. The third-order valence-electron chi connectivity index (χ3n) is 2.57. The Morgan fingerprint density at radius 3 is 3.00 bits per heavy atom. The molecule has 0 saturated heterocycles.